The Bertz CT molecular complexity index is 1280. The average Bonchev–Trinajstić information content (AvgIpc) is 3.20. The molecule has 2 amide bonds. The number of nitrogens with zero attached hydrogens (tertiary/aromatic N) is 2. The van der Waals surface area contributed by atoms with Crippen molar-refractivity contribution in [3.63, 3.8) is 0 Å². The zero-order chi connectivity index (χ0) is 22.7. The maximum Gasteiger partial charge on any atom is 0.261 e. The second kappa shape index (κ2) is 9.08. The third kappa shape index (κ3) is 4.13. The molecule has 3 aromatic carbocycles. The first-order valence-corrected chi connectivity index (χ1v) is 10.3. The third-order valence-electron chi connectivity index (χ3n) is 5.06. The molecule has 1 N–H and O–H groups in total. The lowest BCUT2D eigenvalue weighted by Gasteiger charge is -2.21. The molecule has 0 fully saturated rings. The Morgan fingerprint density at radius 1 is 0.938 bits per heavy atom. The highest BCUT2D eigenvalue weighted by Crippen LogP contribution is 2.32. The summed E-state index contributed by atoms with van der Waals surface area (Å²) in [5, 5.41) is 7.41. The molecule has 0 aliphatic carbocycles. The molecule has 32 heavy (non-hydrogen) atoms. The minimum atomic E-state index is -0.410. The number of aromatic nitrogens is 1. The number of hydrogen-bond acceptors (Lipinski definition) is 4. The summed E-state index contributed by atoms with van der Waals surface area (Å²) in [6.07, 6.45) is 0. The molecule has 0 aliphatic heterocycles. The Morgan fingerprint density at radius 3 is 2.34 bits per heavy atom. The van der Waals surface area contributed by atoms with Gasteiger partial charge in [-0.25, -0.2) is 0 Å². The van der Waals surface area contributed by atoms with E-state index in [0.29, 0.717) is 39.0 Å². The summed E-state index contributed by atoms with van der Waals surface area (Å²) in [7, 11) is 1.67. The summed E-state index contributed by atoms with van der Waals surface area (Å²) in [6.45, 7) is 1.67. The van der Waals surface area contributed by atoms with Gasteiger partial charge in [-0.1, -0.05) is 65.3 Å². The smallest absolute Gasteiger partial charge is 0.261 e. The van der Waals surface area contributed by atoms with E-state index in [4.69, 9.17) is 16.1 Å². The zero-order valence-corrected chi connectivity index (χ0v) is 18.3. The van der Waals surface area contributed by atoms with Crippen LogP contribution in [0.4, 0.5) is 11.4 Å². The van der Waals surface area contributed by atoms with Crippen LogP contribution >= 0.6 is 11.6 Å². The highest BCUT2D eigenvalue weighted by Gasteiger charge is 2.24. The lowest BCUT2D eigenvalue weighted by Crippen LogP contribution is -2.27. The number of anilines is 2. The van der Waals surface area contributed by atoms with Crippen LogP contribution in [-0.4, -0.2) is 24.0 Å². The Kier molecular flexibility index (Phi) is 6.05. The maximum absolute atomic E-state index is 13.3. The molecular formula is C25H20ClN3O3. The number of carbonyl (C=O) groups is 2. The largest absolute Gasteiger partial charge is 0.360 e. The van der Waals surface area contributed by atoms with Gasteiger partial charge in [0, 0.05) is 18.2 Å². The Hall–Kier alpha value is -3.90. The van der Waals surface area contributed by atoms with E-state index in [9.17, 15) is 9.59 Å². The number of nitrogens with one attached hydrogen (secondary N) is 1. The quantitative estimate of drug-likeness (QED) is 0.419. The molecule has 0 unspecified atom stereocenters. The number of carbonyl (C=O) groups excluding carboxylic acids is 2. The second-order valence-corrected chi connectivity index (χ2v) is 7.55. The first kappa shape index (κ1) is 21.3. The molecule has 0 atom stereocenters. The highest BCUT2D eigenvalue weighted by atomic mass is 35.5. The summed E-state index contributed by atoms with van der Waals surface area (Å²) in [4.78, 5) is 27.7. The molecule has 0 aliphatic rings. The van der Waals surface area contributed by atoms with Crippen molar-refractivity contribution in [1.82, 2.24) is 5.16 Å². The predicted molar refractivity (Wildman–Crippen MR) is 125 cm³/mol. The van der Waals surface area contributed by atoms with Gasteiger partial charge in [0.1, 0.15) is 17.0 Å². The number of aryl methyl sites for hydroxylation is 1. The minimum Gasteiger partial charge on any atom is -0.360 e. The fourth-order valence-electron chi connectivity index (χ4n) is 3.42. The molecule has 0 radical (unpaired) electrons. The topological polar surface area (TPSA) is 75.4 Å². The van der Waals surface area contributed by atoms with E-state index in [1.54, 1.807) is 80.7 Å². The molecule has 4 aromatic rings. The number of rotatable bonds is 5. The molecule has 7 heteroatoms. The summed E-state index contributed by atoms with van der Waals surface area (Å²) in [5.74, 6) is -0.236. The van der Waals surface area contributed by atoms with Gasteiger partial charge in [-0.3, -0.25) is 9.59 Å². The van der Waals surface area contributed by atoms with Crippen molar-refractivity contribution in [2.45, 2.75) is 6.92 Å². The van der Waals surface area contributed by atoms with Gasteiger partial charge in [0.2, 0.25) is 0 Å². The molecular weight excluding hydrogens is 426 g/mol. The van der Waals surface area contributed by atoms with Gasteiger partial charge in [0.05, 0.1) is 16.4 Å². The highest BCUT2D eigenvalue weighted by molar-refractivity contribution is 6.33. The van der Waals surface area contributed by atoms with Crippen molar-refractivity contribution in [1.29, 1.82) is 0 Å². The van der Waals surface area contributed by atoms with Crippen LogP contribution in [-0.2, 0) is 0 Å². The van der Waals surface area contributed by atoms with Crippen LogP contribution in [0.1, 0.15) is 26.5 Å². The van der Waals surface area contributed by atoms with Crippen molar-refractivity contribution in [3.8, 4) is 11.3 Å². The Morgan fingerprint density at radius 2 is 1.59 bits per heavy atom. The average molecular weight is 446 g/mol. The van der Waals surface area contributed by atoms with Gasteiger partial charge in [-0.15, -0.1) is 0 Å². The zero-order valence-electron chi connectivity index (χ0n) is 17.5. The normalized spacial score (nSPS) is 10.6. The van der Waals surface area contributed by atoms with Gasteiger partial charge in [0.25, 0.3) is 11.8 Å². The van der Waals surface area contributed by atoms with Crippen LogP contribution in [0.3, 0.4) is 0 Å². The van der Waals surface area contributed by atoms with Crippen molar-refractivity contribution < 1.29 is 14.1 Å². The first-order valence-electron chi connectivity index (χ1n) is 9.92. The first-order chi connectivity index (χ1) is 15.5. The van der Waals surface area contributed by atoms with Crippen molar-refractivity contribution >= 4 is 34.8 Å². The van der Waals surface area contributed by atoms with E-state index in [-0.39, 0.29) is 11.5 Å². The van der Waals surface area contributed by atoms with Crippen LogP contribution < -0.4 is 10.2 Å². The van der Waals surface area contributed by atoms with Crippen LogP contribution in [0, 0.1) is 6.92 Å². The molecule has 1 heterocycles. The van der Waals surface area contributed by atoms with E-state index in [2.05, 4.69) is 10.5 Å². The van der Waals surface area contributed by atoms with Crippen molar-refractivity contribution in [3.05, 3.63) is 101 Å². The van der Waals surface area contributed by atoms with Gasteiger partial charge in [-0.2, -0.15) is 0 Å². The fourth-order valence-corrected chi connectivity index (χ4v) is 3.64. The molecule has 160 valence electrons. The summed E-state index contributed by atoms with van der Waals surface area (Å²) >= 11 is 6.31. The van der Waals surface area contributed by atoms with Crippen molar-refractivity contribution in [2.24, 2.45) is 0 Å². The predicted octanol–water partition coefficient (Wildman–Crippen LogP) is 5.83. The number of halogens is 1. The van der Waals surface area contributed by atoms with Crippen molar-refractivity contribution in [2.75, 3.05) is 17.3 Å². The van der Waals surface area contributed by atoms with Gasteiger partial charge >= 0.3 is 0 Å². The van der Waals surface area contributed by atoms with Gasteiger partial charge in [-0.05, 0) is 37.3 Å². The summed E-state index contributed by atoms with van der Waals surface area (Å²) in [5.41, 5.74) is 2.83. The van der Waals surface area contributed by atoms with E-state index in [1.807, 2.05) is 12.1 Å². The molecule has 4 rings (SSSR count). The molecule has 6 nitrogen and oxygen atoms in total. The maximum atomic E-state index is 13.3. The molecule has 0 saturated carbocycles. The lowest BCUT2D eigenvalue weighted by molar-refractivity contribution is 0.0989. The molecule has 0 saturated heterocycles. The number of amides is 2. The van der Waals surface area contributed by atoms with Crippen LogP contribution in [0.2, 0.25) is 5.02 Å². The summed E-state index contributed by atoms with van der Waals surface area (Å²) < 4.78 is 5.30. The second-order valence-electron chi connectivity index (χ2n) is 7.14. The fraction of sp³-hybridized carbons (Fsp3) is 0.0800. The van der Waals surface area contributed by atoms with Crippen LogP contribution in [0.25, 0.3) is 11.3 Å². The van der Waals surface area contributed by atoms with E-state index < -0.39 is 5.91 Å². The molecule has 0 bridgehead atoms. The van der Waals surface area contributed by atoms with Gasteiger partial charge < -0.3 is 14.7 Å². The minimum absolute atomic E-state index is 0.190. The van der Waals surface area contributed by atoms with E-state index in [0.717, 1.165) is 0 Å². The third-order valence-corrected chi connectivity index (χ3v) is 5.39. The number of benzene rings is 3. The SMILES string of the molecule is Cc1onc(-c2ccccc2Cl)c1C(=O)Nc1ccccc1N(C)C(=O)c1ccccc1. The molecule has 0 spiro atoms. The number of para-hydroxylation sites is 2. The van der Waals surface area contributed by atoms with E-state index >= 15 is 0 Å². The van der Waals surface area contributed by atoms with Crippen LogP contribution in [0.15, 0.2) is 83.4 Å². The molecule has 1 aromatic heterocycles. The van der Waals surface area contributed by atoms with Gasteiger partial charge in [0.15, 0.2) is 0 Å². The number of hydrogen-bond donors (Lipinski definition) is 1. The monoisotopic (exact) mass is 445 g/mol. The summed E-state index contributed by atoms with van der Waals surface area (Å²) in [6, 6.07) is 23.2. The lowest BCUT2D eigenvalue weighted by atomic mass is 10.1. The van der Waals surface area contributed by atoms with E-state index in [1.165, 1.54) is 4.90 Å². The Balaban J connectivity index is 1.66. The van der Waals surface area contributed by atoms with Crippen LogP contribution in [0.5, 0.6) is 0 Å². The standard InChI is InChI=1S/C25H20ClN3O3/c1-16-22(23(28-32-16)18-12-6-7-13-19(18)26)24(30)27-20-14-8-9-15-21(20)29(2)25(31)17-10-4-3-5-11-17/h3-15H,1-2H3,(H,27,30). The Labute approximate surface area is 190 Å².